The molecule has 1 heterocycles. The molecule has 1 aromatic rings. The molecule has 0 bridgehead atoms. The topological polar surface area (TPSA) is 56.0 Å². The van der Waals surface area contributed by atoms with Crippen molar-refractivity contribution in [1.82, 2.24) is 4.98 Å². The van der Waals surface area contributed by atoms with E-state index in [0.717, 1.165) is 0 Å². The minimum atomic E-state index is -0.131. The Hall–Kier alpha value is -0.130. The molecule has 0 saturated heterocycles. The van der Waals surface area contributed by atoms with Crippen LogP contribution in [0.25, 0.3) is 0 Å². The molecule has 1 aromatic heterocycles. The van der Waals surface area contributed by atoms with E-state index in [4.69, 9.17) is 17.3 Å². The predicted molar refractivity (Wildman–Crippen MR) is 61.7 cm³/mol. The average molecular weight is 330 g/mol. The first-order valence-electron chi connectivity index (χ1n) is 3.15. The number of aromatic nitrogens is 1. The van der Waals surface area contributed by atoms with Crippen molar-refractivity contribution in [3.8, 4) is 0 Å². The molecule has 13 heavy (non-hydrogen) atoms. The van der Waals surface area contributed by atoms with Crippen LogP contribution in [0.5, 0.6) is 0 Å². The molecule has 0 aromatic carbocycles. The van der Waals surface area contributed by atoms with E-state index in [0.29, 0.717) is 10.0 Å². The summed E-state index contributed by atoms with van der Waals surface area (Å²) in [6, 6.07) is 1.56. The molecule has 0 saturated carbocycles. The van der Waals surface area contributed by atoms with Crippen LogP contribution in [0.3, 0.4) is 0 Å². The Morgan fingerprint density at radius 2 is 2.23 bits per heavy atom. The lowest BCUT2D eigenvalue weighted by molar-refractivity contribution is 0.101. The van der Waals surface area contributed by atoms with Gasteiger partial charge in [-0.15, -0.1) is 17.0 Å². The number of nitrogens with two attached hydrogens (primary N) is 1. The summed E-state index contributed by atoms with van der Waals surface area (Å²) in [4.78, 5) is 14.7. The molecule has 0 aliphatic rings. The minimum absolute atomic E-state index is 0. The van der Waals surface area contributed by atoms with Gasteiger partial charge in [0, 0.05) is 0 Å². The lowest BCUT2D eigenvalue weighted by Gasteiger charge is -2.01. The van der Waals surface area contributed by atoms with Crippen molar-refractivity contribution in [2.75, 3.05) is 5.73 Å². The molecule has 0 aliphatic carbocycles. The zero-order valence-corrected chi connectivity index (χ0v) is 10.7. The maximum Gasteiger partial charge on any atom is 0.162 e. The van der Waals surface area contributed by atoms with E-state index < -0.39 is 0 Å². The summed E-state index contributed by atoms with van der Waals surface area (Å²) >= 11 is 8.81. The molecule has 0 atom stereocenters. The molecule has 0 fully saturated rings. The van der Waals surface area contributed by atoms with Crippen LogP contribution in [0, 0.1) is 0 Å². The Morgan fingerprint density at radius 1 is 1.69 bits per heavy atom. The number of hydrogen-bond acceptors (Lipinski definition) is 3. The van der Waals surface area contributed by atoms with Gasteiger partial charge in [-0.2, -0.15) is 0 Å². The third-order valence-electron chi connectivity index (χ3n) is 1.34. The van der Waals surface area contributed by atoms with Crippen LogP contribution in [0.15, 0.2) is 10.5 Å². The molecule has 6 heteroatoms. The van der Waals surface area contributed by atoms with E-state index in [9.17, 15) is 4.79 Å². The first-order chi connectivity index (χ1) is 5.52. The highest BCUT2D eigenvalue weighted by Crippen LogP contribution is 2.23. The highest BCUT2D eigenvalue weighted by molar-refractivity contribution is 9.10. The fourth-order valence-electron chi connectivity index (χ4n) is 0.726. The maximum absolute atomic E-state index is 10.9. The van der Waals surface area contributed by atoms with Crippen LogP contribution >= 0.6 is 44.5 Å². The molecule has 0 unspecified atom stereocenters. The Labute approximate surface area is 99.6 Å². The minimum Gasteiger partial charge on any atom is -0.383 e. The highest BCUT2D eigenvalue weighted by atomic mass is 79.9. The number of carbonyl (C=O) groups is 1. The second kappa shape index (κ2) is 4.93. The lowest BCUT2D eigenvalue weighted by atomic mass is 10.2. The summed E-state index contributed by atoms with van der Waals surface area (Å²) in [5.74, 6) is 0.151. The van der Waals surface area contributed by atoms with Gasteiger partial charge in [-0.25, -0.2) is 4.98 Å². The van der Waals surface area contributed by atoms with Crippen LogP contribution in [-0.4, -0.2) is 10.8 Å². The van der Waals surface area contributed by atoms with Crippen LogP contribution < -0.4 is 5.73 Å². The van der Waals surface area contributed by atoms with Gasteiger partial charge >= 0.3 is 0 Å². The summed E-state index contributed by atoms with van der Waals surface area (Å²) in [7, 11) is 0. The van der Waals surface area contributed by atoms with Gasteiger partial charge in [-0.3, -0.25) is 4.79 Å². The molecule has 72 valence electrons. The third-order valence-corrected chi connectivity index (χ3v) is 2.26. The molecular weight excluding hydrogens is 323 g/mol. The van der Waals surface area contributed by atoms with Gasteiger partial charge in [0.15, 0.2) is 5.78 Å². The number of carbonyl (C=O) groups excluding carboxylic acids is 1. The van der Waals surface area contributed by atoms with Crippen molar-refractivity contribution < 1.29 is 4.79 Å². The number of nitrogen functional groups attached to an aromatic ring is 1. The van der Waals surface area contributed by atoms with Crippen molar-refractivity contribution in [2.24, 2.45) is 0 Å². The highest BCUT2D eigenvalue weighted by Gasteiger charge is 2.09. The SMILES string of the molecule is Br.CC(=O)c1cc(Br)c(N)nc1Cl. The third kappa shape index (κ3) is 2.93. The van der Waals surface area contributed by atoms with Crippen LogP contribution in [0.2, 0.25) is 5.15 Å². The van der Waals surface area contributed by atoms with Crippen LogP contribution in [0.4, 0.5) is 5.82 Å². The molecule has 2 N–H and O–H groups in total. The predicted octanol–water partition coefficient (Wildman–Crippen LogP) is 2.86. The molecular formula is C7H7Br2ClN2O. The first-order valence-corrected chi connectivity index (χ1v) is 4.32. The number of halogens is 3. The molecule has 0 radical (unpaired) electrons. The molecule has 0 amide bonds. The molecule has 0 aliphatic heterocycles. The smallest absolute Gasteiger partial charge is 0.162 e. The average Bonchev–Trinajstić information content (AvgIpc) is 1.96. The quantitative estimate of drug-likeness (QED) is 0.636. The van der Waals surface area contributed by atoms with E-state index in [2.05, 4.69) is 20.9 Å². The summed E-state index contributed by atoms with van der Waals surface area (Å²) in [6.07, 6.45) is 0. The Kier molecular flexibility index (Phi) is 4.88. The normalized spacial score (nSPS) is 9.15. The van der Waals surface area contributed by atoms with Crippen LogP contribution in [-0.2, 0) is 0 Å². The number of rotatable bonds is 1. The number of hydrogen-bond donors (Lipinski definition) is 1. The fraction of sp³-hybridized carbons (Fsp3) is 0.143. The van der Waals surface area contributed by atoms with Gasteiger partial charge in [0.2, 0.25) is 0 Å². The van der Waals surface area contributed by atoms with E-state index in [1.165, 1.54) is 6.92 Å². The van der Waals surface area contributed by atoms with Gasteiger partial charge in [0.1, 0.15) is 11.0 Å². The van der Waals surface area contributed by atoms with Crippen molar-refractivity contribution in [3.63, 3.8) is 0 Å². The van der Waals surface area contributed by atoms with E-state index >= 15 is 0 Å². The zero-order chi connectivity index (χ0) is 9.30. The van der Waals surface area contributed by atoms with Crippen molar-refractivity contribution in [1.29, 1.82) is 0 Å². The van der Waals surface area contributed by atoms with Gasteiger partial charge in [-0.05, 0) is 28.9 Å². The Bertz CT molecular complexity index is 344. The van der Waals surface area contributed by atoms with Gasteiger partial charge in [-0.1, -0.05) is 11.6 Å². The maximum atomic E-state index is 10.9. The number of ketones is 1. The lowest BCUT2D eigenvalue weighted by Crippen LogP contribution is -1.99. The number of Topliss-reactive ketones (excluding diaryl/α,β-unsaturated/α-hetero) is 1. The summed E-state index contributed by atoms with van der Waals surface area (Å²) in [6.45, 7) is 1.42. The second-order valence-corrected chi connectivity index (χ2v) is 3.46. The summed E-state index contributed by atoms with van der Waals surface area (Å²) < 4.78 is 0.581. The van der Waals surface area contributed by atoms with Crippen molar-refractivity contribution >= 4 is 56.1 Å². The zero-order valence-electron chi connectivity index (χ0n) is 6.67. The fourth-order valence-corrected chi connectivity index (χ4v) is 1.32. The van der Waals surface area contributed by atoms with Gasteiger partial charge in [0.25, 0.3) is 0 Å². The van der Waals surface area contributed by atoms with E-state index in [1.807, 2.05) is 0 Å². The molecule has 3 nitrogen and oxygen atoms in total. The van der Waals surface area contributed by atoms with Crippen molar-refractivity contribution in [2.45, 2.75) is 6.92 Å². The monoisotopic (exact) mass is 328 g/mol. The summed E-state index contributed by atoms with van der Waals surface area (Å²) in [5, 5.41) is 0.142. The summed E-state index contributed by atoms with van der Waals surface area (Å²) in [5.41, 5.74) is 5.81. The van der Waals surface area contributed by atoms with Crippen LogP contribution in [0.1, 0.15) is 17.3 Å². The van der Waals surface area contributed by atoms with Crippen molar-refractivity contribution in [3.05, 3.63) is 21.3 Å². The Balaban J connectivity index is 0.00000144. The number of anilines is 1. The van der Waals surface area contributed by atoms with Gasteiger partial charge < -0.3 is 5.73 Å². The number of pyridine rings is 1. The molecule has 0 spiro atoms. The second-order valence-electron chi connectivity index (χ2n) is 2.25. The standard InChI is InChI=1S/C7H6BrClN2O.BrH/c1-3(12)4-2-5(8)7(10)11-6(4)9;/h2H,1H3,(H2,10,11);1H. The molecule has 1 rings (SSSR count). The Morgan fingerprint density at radius 3 is 2.69 bits per heavy atom. The van der Waals surface area contributed by atoms with E-state index in [1.54, 1.807) is 6.07 Å². The van der Waals surface area contributed by atoms with Gasteiger partial charge in [0.05, 0.1) is 10.0 Å². The first kappa shape index (κ1) is 12.9. The number of nitrogens with zero attached hydrogens (tertiary/aromatic N) is 1. The largest absolute Gasteiger partial charge is 0.383 e. The van der Waals surface area contributed by atoms with E-state index in [-0.39, 0.29) is 33.7 Å².